The summed E-state index contributed by atoms with van der Waals surface area (Å²) in [7, 11) is 0. The number of hydrogen-bond acceptors (Lipinski definition) is 3. The van der Waals surface area contributed by atoms with Crippen LogP contribution in [0.3, 0.4) is 0 Å². The maximum Gasteiger partial charge on any atom is 0.196 e. The molecule has 0 bridgehead atoms. The Morgan fingerprint density at radius 1 is 1.10 bits per heavy atom. The molecule has 108 valence electrons. The van der Waals surface area contributed by atoms with Gasteiger partial charge in [0.1, 0.15) is 5.82 Å². The van der Waals surface area contributed by atoms with Gasteiger partial charge in [0.15, 0.2) is 5.96 Å². The molecule has 1 heterocycles. The summed E-state index contributed by atoms with van der Waals surface area (Å²) in [5.41, 5.74) is 7.10. The molecule has 1 aliphatic heterocycles. The summed E-state index contributed by atoms with van der Waals surface area (Å²) < 4.78 is 14.3. The van der Waals surface area contributed by atoms with Gasteiger partial charge in [0.05, 0.1) is 28.3 Å². The van der Waals surface area contributed by atoms with Crippen molar-refractivity contribution in [3.05, 3.63) is 63.9 Å². The van der Waals surface area contributed by atoms with Crippen molar-refractivity contribution >= 4 is 34.8 Å². The van der Waals surface area contributed by atoms with E-state index in [1.165, 1.54) is 6.07 Å². The molecule has 2 aromatic rings. The van der Waals surface area contributed by atoms with Gasteiger partial charge in [-0.2, -0.15) is 0 Å². The van der Waals surface area contributed by atoms with Crippen LogP contribution < -0.4 is 10.6 Å². The third kappa shape index (κ3) is 2.45. The van der Waals surface area contributed by atoms with Crippen LogP contribution in [-0.2, 0) is 0 Å². The largest absolute Gasteiger partial charge is 0.369 e. The van der Waals surface area contributed by atoms with Crippen LogP contribution in [0.5, 0.6) is 0 Å². The number of benzene rings is 2. The van der Waals surface area contributed by atoms with Gasteiger partial charge in [-0.1, -0.05) is 47.5 Å². The summed E-state index contributed by atoms with van der Waals surface area (Å²) in [5, 5.41) is 0.613. The fraction of sp³-hybridized carbons (Fsp3) is 0.133. The van der Waals surface area contributed by atoms with Crippen LogP contribution in [0.1, 0.15) is 11.6 Å². The van der Waals surface area contributed by atoms with Crippen LogP contribution in [0, 0.1) is 5.82 Å². The lowest BCUT2D eigenvalue weighted by atomic mass is 10.0. The van der Waals surface area contributed by atoms with E-state index in [-0.39, 0.29) is 11.1 Å². The number of guanidine groups is 1. The van der Waals surface area contributed by atoms with E-state index in [4.69, 9.17) is 28.9 Å². The Morgan fingerprint density at radius 2 is 1.81 bits per heavy atom. The van der Waals surface area contributed by atoms with Gasteiger partial charge in [0.2, 0.25) is 0 Å². The minimum Gasteiger partial charge on any atom is -0.369 e. The Morgan fingerprint density at radius 3 is 2.57 bits per heavy atom. The lowest BCUT2D eigenvalue weighted by Gasteiger charge is -2.27. The second-order valence-electron chi connectivity index (χ2n) is 4.68. The van der Waals surface area contributed by atoms with Crippen molar-refractivity contribution in [1.82, 2.24) is 0 Å². The Labute approximate surface area is 131 Å². The SMILES string of the molecule is NC1=NCC(c2cccc(Cl)c2F)N1c1ccccc1Cl. The second kappa shape index (κ2) is 5.54. The summed E-state index contributed by atoms with van der Waals surface area (Å²) in [6.45, 7) is 0.355. The highest BCUT2D eigenvalue weighted by Gasteiger charge is 2.32. The van der Waals surface area contributed by atoms with E-state index in [1.807, 2.05) is 18.2 Å². The van der Waals surface area contributed by atoms with Crippen LogP contribution in [0.2, 0.25) is 10.0 Å². The van der Waals surface area contributed by atoms with Gasteiger partial charge in [-0.15, -0.1) is 0 Å². The first-order chi connectivity index (χ1) is 10.1. The van der Waals surface area contributed by atoms with Crippen LogP contribution in [0.25, 0.3) is 0 Å². The Balaban J connectivity index is 2.08. The van der Waals surface area contributed by atoms with E-state index in [1.54, 1.807) is 23.1 Å². The topological polar surface area (TPSA) is 41.6 Å². The fourth-order valence-electron chi connectivity index (χ4n) is 2.45. The van der Waals surface area contributed by atoms with Crippen LogP contribution in [0.15, 0.2) is 47.5 Å². The van der Waals surface area contributed by atoms with Crippen molar-refractivity contribution in [2.24, 2.45) is 10.7 Å². The molecule has 0 fully saturated rings. The number of aliphatic imine (C=N–C) groups is 1. The molecule has 6 heteroatoms. The number of halogens is 3. The molecule has 2 aromatic carbocycles. The predicted octanol–water partition coefficient (Wildman–Crippen LogP) is 4.01. The quantitative estimate of drug-likeness (QED) is 0.907. The molecular formula is C15H12Cl2FN3. The first-order valence-corrected chi connectivity index (χ1v) is 7.13. The molecule has 0 spiro atoms. The van der Waals surface area contributed by atoms with E-state index >= 15 is 0 Å². The molecule has 2 N–H and O–H groups in total. The Kier molecular flexibility index (Phi) is 3.74. The van der Waals surface area contributed by atoms with Crippen molar-refractivity contribution in [2.45, 2.75) is 6.04 Å². The highest BCUT2D eigenvalue weighted by Crippen LogP contribution is 2.37. The molecule has 3 rings (SSSR count). The summed E-state index contributed by atoms with van der Waals surface area (Å²) >= 11 is 12.1. The standard InChI is InChI=1S/C15H12Cl2FN3/c16-10-5-1-2-7-12(10)21-13(8-20-15(21)19)9-4-3-6-11(17)14(9)18/h1-7,13H,8H2,(H2,19,20). The molecular weight excluding hydrogens is 312 g/mol. The molecule has 21 heavy (non-hydrogen) atoms. The summed E-state index contributed by atoms with van der Waals surface area (Å²) in [4.78, 5) is 5.95. The third-order valence-electron chi connectivity index (χ3n) is 3.44. The zero-order valence-corrected chi connectivity index (χ0v) is 12.4. The first-order valence-electron chi connectivity index (χ1n) is 6.37. The van der Waals surface area contributed by atoms with Gasteiger partial charge in [0, 0.05) is 5.56 Å². The average molecular weight is 324 g/mol. The first kappa shape index (κ1) is 14.2. The van der Waals surface area contributed by atoms with Crippen LogP contribution in [0.4, 0.5) is 10.1 Å². The van der Waals surface area contributed by atoms with Gasteiger partial charge in [-0.3, -0.25) is 4.99 Å². The highest BCUT2D eigenvalue weighted by molar-refractivity contribution is 6.34. The summed E-state index contributed by atoms with van der Waals surface area (Å²) in [6, 6.07) is 11.8. The van der Waals surface area contributed by atoms with Gasteiger partial charge in [-0.05, 0) is 18.2 Å². The number of anilines is 1. The van der Waals surface area contributed by atoms with Gasteiger partial charge in [0.25, 0.3) is 0 Å². The zero-order chi connectivity index (χ0) is 15.0. The smallest absolute Gasteiger partial charge is 0.196 e. The predicted molar refractivity (Wildman–Crippen MR) is 84.6 cm³/mol. The molecule has 1 unspecified atom stereocenters. The normalized spacial score (nSPS) is 18.0. The molecule has 3 nitrogen and oxygen atoms in total. The summed E-state index contributed by atoms with van der Waals surface area (Å²) in [6.07, 6.45) is 0. The number of rotatable bonds is 2. The van der Waals surface area contributed by atoms with Crippen LogP contribution >= 0.6 is 23.2 Å². The van der Waals surface area contributed by atoms with Crippen molar-refractivity contribution in [1.29, 1.82) is 0 Å². The maximum absolute atomic E-state index is 14.3. The minimum atomic E-state index is -0.453. The number of nitrogens with two attached hydrogens (primary N) is 1. The highest BCUT2D eigenvalue weighted by atomic mass is 35.5. The van der Waals surface area contributed by atoms with Crippen LogP contribution in [-0.4, -0.2) is 12.5 Å². The molecule has 1 atom stereocenters. The molecule has 0 saturated heterocycles. The number of nitrogens with zero attached hydrogens (tertiary/aromatic N) is 2. The van der Waals surface area contributed by atoms with Gasteiger partial charge in [-0.25, -0.2) is 4.39 Å². The minimum absolute atomic E-state index is 0.0806. The van der Waals surface area contributed by atoms with E-state index in [0.29, 0.717) is 28.8 Å². The second-order valence-corrected chi connectivity index (χ2v) is 5.49. The van der Waals surface area contributed by atoms with Gasteiger partial charge >= 0.3 is 0 Å². The lowest BCUT2D eigenvalue weighted by molar-refractivity contribution is 0.590. The number of para-hydroxylation sites is 1. The molecule has 0 amide bonds. The molecule has 0 aromatic heterocycles. The van der Waals surface area contributed by atoms with E-state index in [9.17, 15) is 4.39 Å². The average Bonchev–Trinajstić information content (AvgIpc) is 2.84. The van der Waals surface area contributed by atoms with Crippen molar-refractivity contribution in [2.75, 3.05) is 11.4 Å². The Bertz CT molecular complexity index is 718. The van der Waals surface area contributed by atoms with Crippen molar-refractivity contribution in [3.63, 3.8) is 0 Å². The molecule has 0 saturated carbocycles. The monoisotopic (exact) mass is 323 g/mol. The van der Waals surface area contributed by atoms with Gasteiger partial charge < -0.3 is 10.6 Å². The molecule has 1 aliphatic rings. The molecule has 0 radical (unpaired) electrons. The summed E-state index contributed by atoms with van der Waals surface area (Å²) in [5.74, 6) is -0.140. The maximum atomic E-state index is 14.3. The third-order valence-corrected chi connectivity index (χ3v) is 4.05. The zero-order valence-electron chi connectivity index (χ0n) is 10.9. The Hall–Kier alpha value is -1.78. The van der Waals surface area contributed by atoms with E-state index in [0.717, 1.165) is 0 Å². The molecule has 0 aliphatic carbocycles. The fourth-order valence-corrected chi connectivity index (χ4v) is 2.86. The van der Waals surface area contributed by atoms with Crippen molar-refractivity contribution in [3.8, 4) is 0 Å². The number of hydrogen-bond donors (Lipinski definition) is 1. The van der Waals surface area contributed by atoms with Crippen molar-refractivity contribution < 1.29 is 4.39 Å². The van der Waals surface area contributed by atoms with E-state index < -0.39 is 5.82 Å². The van der Waals surface area contributed by atoms with E-state index in [2.05, 4.69) is 4.99 Å². The lowest BCUT2D eigenvalue weighted by Crippen LogP contribution is -2.36.